The van der Waals surface area contributed by atoms with E-state index in [1.165, 1.54) is 12.1 Å². The highest BCUT2D eigenvalue weighted by Gasteiger charge is 2.50. The van der Waals surface area contributed by atoms with E-state index in [0.717, 1.165) is 30.5 Å². The van der Waals surface area contributed by atoms with Gasteiger partial charge in [-0.3, -0.25) is 0 Å². The SMILES string of the molecule is CCC1(N)CC1c1ccc(C(F)(F)F)cc1.Cl. The number of hydrogen-bond acceptors (Lipinski definition) is 1. The zero-order chi connectivity index (χ0) is 12.0. The Morgan fingerprint density at radius 3 is 2.18 bits per heavy atom. The fraction of sp³-hybridized carbons (Fsp3) is 0.500. The second kappa shape index (κ2) is 4.50. The van der Waals surface area contributed by atoms with E-state index in [4.69, 9.17) is 5.73 Å². The van der Waals surface area contributed by atoms with E-state index < -0.39 is 11.7 Å². The van der Waals surface area contributed by atoms with Gasteiger partial charge in [0.1, 0.15) is 0 Å². The average molecular weight is 266 g/mol. The topological polar surface area (TPSA) is 26.0 Å². The van der Waals surface area contributed by atoms with Crippen LogP contribution < -0.4 is 5.73 Å². The molecule has 0 saturated heterocycles. The minimum atomic E-state index is -4.26. The molecule has 2 atom stereocenters. The van der Waals surface area contributed by atoms with Crippen molar-refractivity contribution in [3.8, 4) is 0 Å². The first kappa shape index (κ1) is 14.3. The molecule has 0 spiro atoms. The summed E-state index contributed by atoms with van der Waals surface area (Å²) in [5.41, 5.74) is 6.14. The molecule has 1 aromatic rings. The second-order valence-corrected chi connectivity index (χ2v) is 4.46. The minimum absolute atomic E-state index is 0. The van der Waals surface area contributed by atoms with Gasteiger partial charge in [0.2, 0.25) is 0 Å². The lowest BCUT2D eigenvalue weighted by atomic mass is 10.0. The number of hydrogen-bond donors (Lipinski definition) is 1. The summed E-state index contributed by atoms with van der Waals surface area (Å²) in [5, 5.41) is 0. The first-order valence-electron chi connectivity index (χ1n) is 5.33. The highest BCUT2D eigenvalue weighted by molar-refractivity contribution is 5.85. The average Bonchev–Trinajstić information content (AvgIpc) is 2.91. The van der Waals surface area contributed by atoms with Crippen molar-refractivity contribution in [3.63, 3.8) is 0 Å². The van der Waals surface area contributed by atoms with Crippen molar-refractivity contribution in [1.82, 2.24) is 0 Å². The van der Waals surface area contributed by atoms with Gasteiger partial charge in [-0.15, -0.1) is 12.4 Å². The van der Waals surface area contributed by atoms with Gasteiger partial charge in [0, 0.05) is 11.5 Å². The number of rotatable bonds is 2. The van der Waals surface area contributed by atoms with Crippen molar-refractivity contribution in [2.24, 2.45) is 5.73 Å². The largest absolute Gasteiger partial charge is 0.416 e. The number of nitrogens with two attached hydrogens (primary N) is 1. The molecule has 2 N–H and O–H groups in total. The highest BCUT2D eigenvalue weighted by Crippen LogP contribution is 2.51. The van der Waals surface area contributed by atoms with Crippen molar-refractivity contribution >= 4 is 12.4 Å². The summed E-state index contributed by atoms with van der Waals surface area (Å²) >= 11 is 0. The fourth-order valence-corrected chi connectivity index (χ4v) is 2.07. The smallest absolute Gasteiger partial charge is 0.325 e. The second-order valence-electron chi connectivity index (χ2n) is 4.46. The molecule has 96 valence electrons. The maximum Gasteiger partial charge on any atom is 0.416 e. The van der Waals surface area contributed by atoms with Crippen LogP contribution in [0.3, 0.4) is 0 Å². The highest BCUT2D eigenvalue weighted by atomic mass is 35.5. The molecule has 1 aliphatic carbocycles. The summed E-state index contributed by atoms with van der Waals surface area (Å²) in [6.07, 6.45) is -2.53. The summed E-state index contributed by atoms with van der Waals surface area (Å²) in [6, 6.07) is 5.34. The first-order valence-corrected chi connectivity index (χ1v) is 5.33. The molecule has 0 aromatic heterocycles. The van der Waals surface area contributed by atoms with Crippen molar-refractivity contribution in [3.05, 3.63) is 35.4 Å². The lowest BCUT2D eigenvalue weighted by Crippen LogP contribution is -2.22. The Morgan fingerprint density at radius 1 is 1.29 bits per heavy atom. The van der Waals surface area contributed by atoms with Gasteiger partial charge in [0.05, 0.1) is 5.56 Å². The van der Waals surface area contributed by atoms with Crippen molar-refractivity contribution < 1.29 is 13.2 Å². The van der Waals surface area contributed by atoms with E-state index in [1.807, 2.05) is 6.92 Å². The fourth-order valence-electron chi connectivity index (χ4n) is 2.07. The molecular weight excluding hydrogens is 251 g/mol. The molecule has 0 amide bonds. The molecule has 1 aliphatic rings. The molecule has 2 rings (SSSR count). The lowest BCUT2D eigenvalue weighted by molar-refractivity contribution is -0.137. The molecule has 1 saturated carbocycles. The Labute approximate surface area is 105 Å². The van der Waals surface area contributed by atoms with Gasteiger partial charge in [0.25, 0.3) is 0 Å². The van der Waals surface area contributed by atoms with Crippen LogP contribution in [0.5, 0.6) is 0 Å². The molecule has 2 unspecified atom stereocenters. The van der Waals surface area contributed by atoms with Crippen LogP contribution in [0.1, 0.15) is 36.8 Å². The number of benzene rings is 1. The summed E-state index contributed by atoms with van der Waals surface area (Å²) in [5.74, 6) is 0.222. The normalized spacial score (nSPS) is 27.5. The quantitative estimate of drug-likeness (QED) is 0.866. The number of halogens is 4. The molecule has 0 bridgehead atoms. The van der Waals surface area contributed by atoms with Crippen LogP contribution in [-0.4, -0.2) is 5.54 Å². The lowest BCUT2D eigenvalue weighted by Gasteiger charge is -2.10. The van der Waals surface area contributed by atoms with Gasteiger partial charge in [-0.2, -0.15) is 13.2 Å². The van der Waals surface area contributed by atoms with Crippen LogP contribution in [0.15, 0.2) is 24.3 Å². The Bertz CT molecular complexity index is 388. The summed E-state index contributed by atoms with van der Waals surface area (Å²) < 4.78 is 37.0. The zero-order valence-corrected chi connectivity index (χ0v) is 10.2. The standard InChI is InChI=1S/C12H14F3N.ClH/c1-2-11(16)7-10(11)8-3-5-9(6-4-8)12(13,14)15;/h3-6,10H,2,7,16H2,1H3;1H. The van der Waals surface area contributed by atoms with Crippen LogP contribution in [0.4, 0.5) is 13.2 Å². The van der Waals surface area contributed by atoms with Gasteiger partial charge in [0.15, 0.2) is 0 Å². The molecule has 1 aromatic carbocycles. The van der Waals surface area contributed by atoms with E-state index >= 15 is 0 Å². The first-order chi connectivity index (χ1) is 7.37. The molecule has 0 radical (unpaired) electrons. The van der Waals surface area contributed by atoms with E-state index in [0.29, 0.717) is 0 Å². The van der Waals surface area contributed by atoms with Crippen LogP contribution in [0.25, 0.3) is 0 Å². The zero-order valence-electron chi connectivity index (χ0n) is 9.42. The van der Waals surface area contributed by atoms with Crippen molar-refractivity contribution in [2.45, 2.75) is 37.4 Å². The van der Waals surface area contributed by atoms with E-state index in [1.54, 1.807) is 0 Å². The van der Waals surface area contributed by atoms with Gasteiger partial charge in [-0.05, 0) is 30.5 Å². The van der Waals surface area contributed by atoms with Gasteiger partial charge >= 0.3 is 6.18 Å². The molecular formula is C12H15ClF3N. The van der Waals surface area contributed by atoms with Crippen LogP contribution in [0, 0.1) is 0 Å². The Morgan fingerprint density at radius 2 is 1.82 bits per heavy atom. The molecule has 17 heavy (non-hydrogen) atoms. The van der Waals surface area contributed by atoms with Crippen molar-refractivity contribution in [1.29, 1.82) is 0 Å². The Kier molecular flexibility index (Phi) is 3.79. The molecule has 0 aliphatic heterocycles. The maximum absolute atomic E-state index is 12.3. The summed E-state index contributed by atoms with van der Waals surface area (Å²) in [4.78, 5) is 0. The maximum atomic E-state index is 12.3. The number of alkyl halides is 3. The summed E-state index contributed by atoms with van der Waals surface area (Å²) in [6.45, 7) is 2.00. The monoisotopic (exact) mass is 265 g/mol. The van der Waals surface area contributed by atoms with Gasteiger partial charge in [-0.25, -0.2) is 0 Å². The van der Waals surface area contributed by atoms with E-state index in [-0.39, 0.29) is 23.9 Å². The minimum Gasteiger partial charge on any atom is -0.325 e. The van der Waals surface area contributed by atoms with E-state index in [2.05, 4.69) is 0 Å². The van der Waals surface area contributed by atoms with Gasteiger partial charge < -0.3 is 5.73 Å². The molecule has 5 heteroatoms. The van der Waals surface area contributed by atoms with E-state index in [9.17, 15) is 13.2 Å². The predicted molar refractivity (Wildman–Crippen MR) is 63.3 cm³/mol. The molecule has 1 nitrogen and oxygen atoms in total. The third-order valence-corrected chi connectivity index (χ3v) is 3.42. The predicted octanol–water partition coefficient (Wildman–Crippen LogP) is 3.72. The molecule has 1 fully saturated rings. The Balaban J connectivity index is 0.00000144. The van der Waals surface area contributed by atoms with Crippen LogP contribution in [-0.2, 0) is 6.18 Å². The van der Waals surface area contributed by atoms with Crippen LogP contribution in [0.2, 0.25) is 0 Å². The van der Waals surface area contributed by atoms with Gasteiger partial charge in [-0.1, -0.05) is 19.1 Å². The Hall–Kier alpha value is -0.740. The third-order valence-electron chi connectivity index (χ3n) is 3.42. The summed E-state index contributed by atoms with van der Waals surface area (Å²) in [7, 11) is 0. The molecule has 0 heterocycles. The van der Waals surface area contributed by atoms with Crippen LogP contribution >= 0.6 is 12.4 Å². The third kappa shape index (κ3) is 2.75. The van der Waals surface area contributed by atoms with Crippen molar-refractivity contribution in [2.75, 3.05) is 0 Å².